The lowest BCUT2D eigenvalue weighted by atomic mass is 9.78. The average Bonchev–Trinajstić information content (AvgIpc) is 2.70. The van der Waals surface area contributed by atoms with Crippen molar-refractivity contribution < 1.29 is 0 Å². The number of nitrogens with two attached hydrogens (primary N) is 1. The van der Waals surface area contributed by atoms with Crippen molar-refractivity contribution in [3.8, 4) is 0 Å². The molecule has 2 heterocycles. The van der Waals surface area contributed by atoms with Crippen LogP contribution in [0.1, 0.15) is 40.0 Å². The monoisotopic (exact) mass is 196 g/mol. The van der Waals surface area contributed by atoms with Gasteiger partial charge in [-0.2, -0.15) is 0 Å². The Bertz CT molecular complexity index is 184. The quantitative estimate of drug-likeness (QED) is 0.746. The number of hydrogen-bond acceptors (Lipinski definition) is 2. The van der Waals surface area contributed by atoms with Gasteiger partial charge in [-0.3, -0.25) is 4.90 Å². The normalized spacial score (nSPS) is 42.6. The highest BCUT2D eigenvalue weighted by Gasteiger charge is 2.51. The zero-order valence-corrected chi connectivity index (χ0v) is 9.74. The first-order valence-electron chi connectivity index (χ1n) is 6.18. The summed E-state index contributed by atoms with van der Waals surface area (Å²) in [6, 6.07) is 2.35. The van der Waals surface area contributed by atoms with E-state index in [0.717, 1.165) is 30.5 Å². The van der Waals surface area contributed by atoms with Gasteiger partial charge in [0.2, 0.25) is 0 Å². The smallest absolute Gasteiger partial charge is 0.0145 e. The van der Waals surface area contributed by atoms with Crippen molar-refractivity contribution in [2.24, 2.45) is 17.6 Å². The summed E-state index contributed by atoms with van der Waals surface area (Å²) in [5.74, 6) is 1.65. The molecule has 0 aromatic carbocycles. The molecule has 2 fully saturated rings. The fourth-order valence-corrected chi connectivity index (χ4v) is 4.00. The summed E-state index contributed by atoms with van der Waals surface area (Å²) >= 11 is 0. The second-order valence-electron chi connectivity index (χ2n) is 5.22. The molecule has 0 aliphatic carbocycles. The van der Waals surface area contributed by atoms with Crippen molar-refractivity contribution in [1.29, 1.82) is 0 Å². The van der Waals surface area contributed by atoms with Crippen LogP contribution in [-0.2, 0) is 0 Å². The summed E-state index contributed by atoms with van der Waals surface area (Å²) < 4.78 is 0. The van der Waals surface area contributed by atoms with Gasteiger partial charge in [-0.05, 0) is 45.1 Å². The summed E-state index contributed by atoms with van der Waals surface area (Å²) in [6.07, 6.45) is 4.12. The Morgan fingerprint density at radius 2 is 1.79 bits per heavy atom. The first-order valence-corrected chi connectivity index (χ1v) is 6.18. The Morgan fingerprint density at radius 1 is 1.21 bits per heavy atom. The van der Waals surface area contributed by atoms with Gasteiger partial charge < -0.3 is 5.73 Å². The van der Waals surface area contributed by atoms with Gasteiger partial charge in [-0.1, -0.05) is 13.3 Å². The van der Waals surface area contributed by atoms with Crippen LogP contribution < -0.4 is 5.73 Å². The van der Waals surface area contributed by atoms with Crippen LogP contribution in [0.5, 0.6) is 0 Å². The third kappa shape index (κ3) is 1.31. The lowest BCUT2D eigenvalue weighted by Gasteiger charge is -2.27. The van der Waals surface area contributed by atoms with Crippen molar-refractivity contribution in [1.82, 2.24) is 4.90 Å². The minimum Gasteiger partial charge on any atom is -0.330 e. The maximum Gasteiger partial charge on any atom is 0.0145 e. The molecule has 0 amide bonds. The molecule has 2 saturated heterocycles. The van der Waals surface area contributed by atoms with Crippen molar-refractivity contribution in [2.45, 2.75) is 58.2 Å². The van der Waals surface area contributed by atoms with Crippen molar-refractivity contribution in [3.63, 3.8) is 0 Å². The minimum absolute atomic E-state index is 0.707. The van der Waals surface area contributed by atoms with Crippen LogP contribution in [0.3, 0.4) is 0 Å². The van der Waals surface area contributed by atoms with E-state index in [-0.39, 0.29) is 0 Å². The number of hydrogen-bond donors (Lipinski definition) is 1. The van der Waals surface area contributed by atoms with Gasteiger partial charge in [-0.15, -0.1) is 0 Å². The van der Waals surface area contributed by atoms with Crippen LogP contribution in [0, 0.1) is 11.8 Å². The van der Waals surface area contributed by atoms with Crippen LogP contribution >= 0.6 is 0 Å². The van der Waals surface area contributed by atoms with Gasteiger partial charge in [-0.25, -0.2) is 0 Å². The van der Waals surface area contributed by atoms with E-state index in [1.807, 2.05) is 0 Å². The SMILES string of the molecule is CCC1C(CN)C2CCC1N2C(C)C. The minimum atomic E-state index is 0.707. The molecule has 2 aliphatic rings. The number of rotatable bonds is 3. The topological polar surface area (TPSA) is 29.3 Å². The average molecular weight is 196 g/mol. The van der Waals surface area contributed by atoms with E-state index in [0.29, 0.717) is 6.04 Å². The van der Waals surface area contributed by atoms with E-state index in [9.17, 15) is 0 Å². The van der Waals surface area contributed by atoms with Crippen LogP contribution in [0.4, 0.5) is 0 Å². The van der Waals surface area contributed by atoms with E-state index >= 15 is 0 Å². The first kappa shape index (κ1) is 10.4. The Hall–Kier alpha value is -0.0800. The number of nitrogens with zero attached hydrogens (tertiary/aromatic N) is 1. The summed E-state index contributed by atoms with van der Waals surface area (Å²) in [6.45, 7) is 7.88. The van der Waals surface area contributed by atoms with Gasteiger partial charge in [0.25, 0.3) is 0 Å². The second-order valence-corrected chi connectivity index (χ2v) is 5.22. The largest absolute Gasteiger partial charge is 0.330 e. The van der Waals surface area contributed by atoms with Crippen LogP contribution in [0.25, 0.3) is 0 Å². The van der Waals surface area contributed by atoms with Gasteiger partial charge >= 0.3 is 0 Å². The molecule has 0 aromatic rings. The first-order chi connectivity index (χ1) is 6.70. The van der Waals surface area contributed by atoms with E-state index in [1.165, 1.54) is 19.3 Å². The molecular formula is C12H24N2. The van der Waals surface area contributed by atoms with Crippen LogP contribution in [0.2, 0.25) is 0 Å². The Morgan fingerprint density at radius 3 is 2.14 bits per heavy atom. The van der Waals surface area contributed by atoms with Gasteiger partial charge in [0, 0.05) is 18.1 Å². The molecule has 2 N–H and O–H groups in total. The number of fused-ring (bicyclic) bond motifs is 2. The summed E-state index contributed by atoms with van der Waals surface area (Å²) in [4.78, 5) is 2.74. The molecule has 0 spiro atoms. The Balaban J connectivity index is 2.18. The van der Waals surface area contributed by atoms with Crippen molar-refractivity contribution >= 4 is 0 Å². The molecule has 2 rings (SSSR count). The fraction of sp³-hybridized carbons (Fsp3) is 1.00. The molecule has 2 nitrogen and oxygen atoms in total. The zero-order chi connectivity index (χ0) is 10.3. The third-order valence-corrected chi connectivity index (χ3v) is 4.40. The molecule has 2 bridgehead atoms. The lowest BCUT2D eigenvalue weighted by molar-refractivity contribution is 0.184. The van der Waals surface area contributed by atoms with Crippen molar-refractivity contribution in [3.05, 3.63) is 0 Å². The Labute approximate surface area is 87.8 Å². The molecule has 4 unspecified atom stereocenters. The molecule has 82 valence electrons. The molecule has 4 atom stereocenters. The molecule has 0 radical (unpaired) electrons. The Kier molecular flexibility index (Phi) is 2.85. The van der Waals surface area contributed by atoms with E-state index < -0.39 is 0 Å². The van der Waals surface area contributed by atoms with Crippen molar-refractivity contribution in [2.75, 3.05) is 6.54 Å². The molecule has 2 aliphatic heterocycles. The molecular weight excluding hydrogens is 172 g/mol. The fourth-order valence-electron chi connectivity index (χ4n) is 4.00. The van der Waals surface area contributed by atoms with Gasteiger partial charge in [0.15, 0.2) is 0 Å². The van der Waals surface area contributed by atoms with E-state index in [4.69, 9.17) is 5.73 Å². The predicted octanol–water partition coefficient (Wildman–Crippen LogP) is 1.84. The highest BCUT2D eigenvalue weighted by molar-refractivity contribution is 5.06. The van der Waals surface area contributed by atoms with Gasteiger partial charge in [0.05, 0.1) is 0 Å². The molecule has 2 heteroatoms. The maximum atomic E-state index is 5.92. The molecule has 0 saturated carbocycles. The summed E-state index contributed by atoms with van der Waals surface area (Å²) in [5, 5.41) is 0. The molecule has 14 heavy (non-hydrogen) atoms. The highest BCUT2D eigenvalue weighted by atomic mass is 15.3. The van der Waals surface area contributed by atoms with Crippen LogP contribution in [-0.4, -0.2) is 29.6 Å². The summed E-state index contributed by atoms with van der Waals surface area (Å²) in [5.41, 5.74) is 5.92. The third-order valence-electron chi connectivity index (χ3n) is 4.40. The van der Waals surface area contributed by atoms with Crippen LogP contribution in [0.15, 0.2) is 0 Å². The zero-order valence-electron chi connectivity index (χ0n) is 9.74. The highest BCUT2D eigenvalue weighted by Crippen LogP contribution is 2.47. The van der Waals surface area contributed by atoms with E-state index in [1.54, 1.807) is 0 Å². The standard InChI is InChI=1S/C12H24N2/c1-4-9-10(7-13)12-6-5-11(9)14(12)8(2)3/h8-12H,4-7,13H2,1-3H3. The van der Waals surface area contributed by atoms with Gasteiger partial charge in [0.1, 0.15) is 0 Å². The molecule has 0 aromatic heterocycles. The maximum absolute atomic E-state index is 5.92. The predicted molar refractivity (Wildman–Crippen MR) is 60.1 cm³/mol. The second kappa shape index (κ2) is 3.82. The van der Waals surface area contributed by atoms with E-state index in [2.05, 4.69) is 25.7 Å². The summed E-state index contributed by atoms with van der Waals surface area (Å²) in [7, 11) is 0. The lowest BCUT2D eigenvalue weighted by Crippen LogP contribution is -2.37.